The highest BCUT2D eigenvalue weighted by Gasteiger charge is 2.27. The Morgan fingerprint density at radius 3 is 1.89 bits per heavy atom. The summed E-state index contributed by atoms with van der Waals surface area (Å²) in [5.74, 6) is 0.379. The van der Waals surface area contributed by atoms with Crippen molar-refractivity contribution in [2.75, 3.05) is 11.6 Å². The molecule has 0 aliphatic heterocycles. The molecule has 5 rings (SSSR count). The molecule has 0 aromatic heterocycles. The number of nitrogens with one attached hydrogen (secondary N) is 2. The largest absolute Gasteiger partial charge is 0.490 e. The van der Waals surface area contributed by atoms with Gasteiger partial charge in [0.2, 0.25) is 15.9 Å². The van der Waals surface area contributed by atoms with Crippen molar-refractivity contribution in [2.24, 2.45) is 0 Å². The second-order valence-corrected chi connectivity index (χ2v) is 15.0. The molecule has 11 nitrogen and oxygen atoms in total. The van der Waals surface area contributed by atoms with Crippen LogP contribution < -0.4 is 19.5 Å². The molecule has 47 heavy (non-hydrogen) atoms. The van der Waals surface area contributed by atoms with Gasteiger partial charge < -0.3 is 19.9 Å². The number of carboxylic acid groups (broad SMARTS) is 1. The maximum absolute atomic E-state index is 12.8. The fraction of sp³-hybridized carbons (Fsp3) is 0.235. The van der Waals surface area contributed by atoms with Gasteiger partial charge in [-0.2, -0.15) is 0 Å². The van der Waals surface area contributed by atoms with Crippen LogP contribution in [-0.2, 0) is 31.1 Å². The molecule has 0 bridgehead atoms. The summed E-state index contributed by atoms with van der Waals surface area (Å²) in [6, 6.07) is 25.3. The van der Waals surface area contributed by atoms with Crippen LogP contribution in [0.25, 0.3) is 0 Å². The van der Waals surface area contributed by atoms with E-state index in [9.17, 15) is 31.5 Å². The Balaban J connectivity index is 1.07. The number of rotatable bonds is 12. The SMILES string of the molecule is CS(=O)(=O)c1ccc(S(=O)(=O)NC2CCC(Oc3ccc(Oc4ccc(CC(=O)Nc5ccccc5C(=O)O)cc4)cc3)CC2)cc1. The predicted octanol–water partition coefficient (Wildman–Crippen LogP) is 5.43. The Morgan fingerprint density at radius 2 is 1.30 bits per heavy atom. The zero-order chi connectivity index (χ0) is 33.6. The van der Waals surface area contributed by atoms with E-state index in [0.717, 1.165) is 11.8 Å². The molecular formula is C34H34N2O9S2. The molecule has 0 radical (unpaired) electrons. The first kappa shape index (κ1) is 33.6. The summed E-state index contributed by atoms with van der Waals surface area (Å²) in [5.41, 5.74) is 0.996. The van der Waals surface area contributed by atoms with E-state index in [-0.39, 0.29) is 45.5 Å². The van der Waals surface area contributed by atoms with Crippen molar-refractivity contribution in [1.82, 2.24) is 4.72 Å². The fourth-order valence-electron chi connectivity index (χ4n) is 5.20. The van der Waals surface area contributed by atoms with Crippen molar-refractivity contribution in [1.29, 1.82) is 0 Å². The average molecular weight is 679 g/mol. The van der Waals surface area contributed by atoms with E-state index >= 15 is 0 Å². The monoisotopic (exact) mass is 678 g/mol. The second-order valence-electron chi connectivity index (χ2n) is 11.2. The highest BCUT2D eigenvalue weighted by Crippen LogP contribution is 2.28. The molecule has 0 unspecified atom stereocenters. The van der Waals surface area contributed by atoms with Crippen molar-refractivity contribution in [3.63, 3.8) is 0 Å². The number of para-hydroxylation sites is 1. The van der Waals surface area contributed by atoms with Gasteiger partial charge in [0.15, 0.2) is 9.84 Å². The third kappa shape index (κ3) is 9.18. The summed E-state index contributed by atoms with van der Waals surface area (Å²) in [6.07, 6.45) is 3.58. The van der Waals surface area contributed by atoms with E-state index in [0.29, 0.717) is 42.9 Å². The topological polar surface area (TPSA) is 165 Å². The van der Waals surface area contributed by atoms with E-state index in [1.165, 1.54) is 30.3 Å². The van der Waals surface area contributed by atoms with Gasteiger partial charge in [0.05, 0.1) is 33.6 Å². The summed E-state index contributed by atoms with van der Waals surface area (Å²) in [6.45, 7) is 0. The molecular weight excluding hydrogens is 645 g/mol. The van der Waals surface area contributed by atoms with Gasteiger partial charge in [0.25, 0.3) is 0 Å². The predicted molar refractivity (Wildman–Crippen MR) is 175 cm³/mol. The lowest BCUT2D eigenvalue weighted by molar-refractivity contribution is -0.115. The number of carboxylic acids is 1. The van der Waals surface area contributed by atoms with Gasteiger partial charge >= 0.3 is 5.97 Å². The van der Waals surface area contributed by atoms with Gasteiger partial charge in [0, 0.05) is 12.3 Å². The molecule has 0 spiro atoms. The molecule has 3 N–H and O–H groups in total. The lowest BCUT2D eigenvalue weighted by Gasteiger charge is -2.29. The first-order valence-corrected chi connectivity index (χ1v) is 18.2. The number of aromatic carboxylic acids is 1. The van der Waals surface area contributed by atoms with Gasteiger partial charge in [-0.25, -0.2) is 26.4 Å². The minimum atomic E-state index is -3.79. The van der Waals surface area contributed by atoms with Crippen molar-refractivity contribution >= 4 is 37.4 Å². The molecule has 1 fully saturated rings. The maximum atomic E-state index is 12.8. The molecule has 1 amide bonds. The van der Waals surface area contributed by atoms with Crippen molar-refractivity contribution in [2.45, 2.75) is 54.0 Å². The average Bonchev–Trinajstić information content (AvgIpc) is 3.03. The Labute approximate surface area is 273 Å². The number of hydrogen-bond acceptors (Lipinski definition) is 8. The fourth-order valence-corrected chi connectivity index (χ4v) is 7.14. The van der Waals surface area contributed by atoms with Crippen molar-refractivity contribution in [3.8, 4) is 17.2 Å². The number of hydrogen-bond donors (Lipinski definition) is 3. The minimum absolute atomic E-state index is 0.0189. The highest BCUT2D eigenvalue weighted by atomic mass is 32.2. The van der Waals surface area contributed by atoms with Crippen LogP contribution in [0, 0.1) is 0 Å². The summed E-state index contributed by atoms with van der Waals surface area (Å²) >= 11 is 0. The molecule has 0 heterocycles. The number of sulfone groups is 1. The highest BCUT2D eigenvalue weighted by molar-refractivity contribution is 7.90. The quantitative estimate of drug-likeness (QED) is 0.177. The van der Waals surface area contributed by atoms with Crippen molar-refractivity contribution < 1.29 is 41.0 Å². The maximum Gasteiger partial charge on any atom is 0.337 e. The molecule has 246 valence electrons. The van der Waals surface area contributed by atoms with Crippen LogP contribution in [-0.4, -0.2) is 52.2 Å². The summed E-state index contributed by atoms with van der Waals surface area (Å²) < 4.78 is 63.7. The number of sulfonamides is 1. The zero-order valence-corrected chi connectivity index (χ0v) is 27.1. The van der Waals surface area contributed by atoms with Crippen LogP contribution in [0.1, 0.15) is 41.6 Å². The normalized spacial score (nSPS) is 16.6. The molecule has 0 saturated heterocycles. The number of carbonyl (C=O) groups is 2. The van der Waals surface area contributed by atoms with E-state index < -0.39 is 25.8 Å². The number of amides is 1. The van der Waals surface area contributed by atoms with Crippen LogP contribution in [0.2, 0.25) is 0 Å². The van der Waals surface area contributed by atoms with Gasteiger partial charge in [-0.05, 0) is 104 Å². The van der Waals surface area contributed by atoms with E-state index in [4.69, 9.17) is 9.47 Å². The molecule has 1 saturated carbocycles. The van der Waals surface area contributed by atoms with E-state index in [1.807, 2.05) is 0 Å². The van der Waals surface area contributed by atoms with Crippen molar-refractivity contribution in [3.05, 3.63) is 108 Å². The van der Waals surface area contributed by atoms with E-state index in [1.54, 1.807) is 66.7 Å². The summed E-state index contributed by atoms with van der Waals surface area (Å²) in [5, 5.41) is 11.9. The van der Waals surface area contributed by atoms with Crippen LogP contribution in [0.5, 0.6) is 17.2 Å². The number of benzene rings is 4. The second kappa shape index (κ2) is 14.4. The van der Waals surface area contributed by atoms with Crippen LogP contribution in [0.15, 0.2) is 107 Å². The number of carbonyl (C=O) groups excluding carboxylic acids is 1. The van der Waals surface area contributed by atoms with Gasteiger partial charge in [-0.1, -0.05) is 24.3 Å². The molecule has 4 aromatic rings. The lowest BCUT2D eigenvalue weighted by Crippen LogP contribution is -2.39. The molecule has 1 aliphatic rings. The van der Waals surface area contributed by atoms with Gasteiger partial charge in [-0.15, -0.1) is 0 Å². The zero-order valence-electron chi connectivity index (χ0n) is 25.5. The first-order valence-electron chi connectivity index (χ1n) is 14.8. The molecule has 13 heteroatoms. The van der Waals surface area contributed by atoms with Crippen LogP contribution in [0.3, 0.4) is 0 Å². The Kier molecular flexibility index (Phi) is 10.3. The lowest BCUT2D eigenvalue weighted by atomic mass is 9.94. The molecule has 4 aromatic carbocycles. The Morgan fingerprint density at radius 1 is 0.745 bits per heavy atom. The standard InChI is InChI=1S/C34H34N2O9S2/c1-46(40,41)29-18-20-30(21-19-29)47(42,43)36-24-8-12-26(13-9-24)45-28-16-14-27(15-17-28)44-25-10-6-23(7-11-25)22-33(37)35-32-5-3-2-4-31(32)34(38)39/h2-7,10-11,14-21,24,26,36H,8-9,12-13,22H2,1H3,(H,35,37)(H,38,39). The summed E-state index contributed by atoms with van der Waals surface area (Å²) in [4.78, 5) is 23.9. The Hall–Kier alpha value is -4.72. The number of anilines is 1. The van der Waals surface area contributed by atoms with Crippen LogP contribution >= 0.6 is 0 Å². The first-order chi connectivity index (χ1) is 22.4. The number of ether oxygens (including phenoxy) is 2. The smallest absolute Gasteiger partial charge is 0.337 e. The van der Waals surface area contributed by atoms with Gasteiger partial charge in [0.1, 0.15) is 17.2 Å². The third-order valence-electron chi connectivity index (χ3n) is 7.64. The molecule has 0 atom stereocenters. The van der Waals surface area contributed by atoms with Crippen LogP contribution in [0.4, 0.5) is 5.69 Å². The van der Waals surface area contributed by atoms with E-state index in [2.05, 4.69) is 10.0 Å². The summed E-state index contributed by atoms with van der Waals surface area (Å²) in [7, 11) is -7.20. The Bertz CT molecular complexity index is 1940. The third-order valence-corrected chi connectivity index (χ3v) is 10.3. The minimum Gasteiger partial charge on any atom is -0.490 e. The molecule has 1 aliphatic carbocycles. The van der Waals surface area contributed by atoms with Gasteiger partial charge in [-0.3, -0.25) is 4.79 Å².